The standard InChI is InChI=1S/C18H28N4O.HI/c1-4-19-18(20-10-9-13(2)3)21-12-14-11-17(23)22-16-8-6-5-7-15(14)16;/h5-8,13-14H,4,9-12H2,1-3H3,(H,22,23)(H2,19,20,21);1H. The van der Waals surface area contributed by atoms with E-state index in [0.29, 0.717) is 18.9 Å². The number of anilines is 1. The van der Waals surface area contributed by atoms with Crippen molar-refractivity contribution >= 4 is 41.5 Å². The molecule has 134 valence electrons. The van der Waals surface area contributed by atoms with E-state index < -0.39 is 0 Å². The molecule has 1 aromatic rings. The molecule has 0 aliphatic carbocycles. The molecule has 0 spiro atoms. The topological polar surface area (TPSA) is 65.5 Å². The van der Waals surface area contributed by atoms with Gasteiger partial charge in [-0.25, -0.2) is 0 Å². The predicted molar refractivity (Wildman–Crippen MR) is 111 cm³/mol. The number of carbonyl (C=O) groups is 1. The maximum atomic E-state index is 11.9. The van der Waals surface area contributed by atoms with Gasteiger partial charge in [-0.2, -0.15) is 0 Å². The first-order chi connectivity index (χ1) is 11.1. The Morgan fingerprint density at radius 1 is 1.33 bits per heavy atom. The van der Waals surface area contributed by atoms with Gasteiger partial charge in [0.05, 0.1) is 6.54 Å². The number of hydrogen-bond donors (Lipinski definition) is 3. The van der Waals surface area contributed by atoms with Crippen LogP contribution in [0, 0.1) is 5.92 Å². The van der Waals surface area contributed by atoms with Crippen LogP contribution < -0.4 is 16.0 Å². The molecule has 5 nitrogen and oxygen atoms in total. The highest BCUT2D eigenvalue weighted by Crippen LogP contribution is 2.31. The monoisotopic (exact) mass is 444 g/mol. The second-order valence-electron chi connectivity index (χ2n) is 6.37. The van der Waals surface area contributed by atoms with Crippen molar-refractivity contribution in [3.63, 3.8) is 0 Å². The molecule has 6 heteroatoms. The van der Waals surface area contributed by atoms with Crippen LogP contribution in [-0.2, 0) is 4.79 Å². The van der Waals surface area contributed by atoms with E-state index in [1.54, 1.807) is 0 Å². The van der Waals surface area contributed by atoms with E-state index >= 15 is 0 Å². The van der Waals surface area contributed by atoms with Crippen molar-refractivity contribution < 1.29 is 4.79 Å². The maximum Gasteiger partial charge on any atom is 0.225 e. The van der Waals surface area contributed by atoms with E-state index in [-0.39, 0.29) is 35.8 Å². The van der Waals surface area contributed by atoms with Gasteiger partial charge in [-0.3, -0.25) is 9.79 Å². The van der Waals surface area contributed by atoms with Crippen molar-refractivity contribution in [3.8, 4) is 0 Å². The highest BCUT2D eigenvalue weighted by atomic mass is 127. The average molecular weight is 444 g/mol. The Hall–Kier alpha value is -1.31. The fourth-order valence-corrected chi connectivity index (χ4v) is 2.69. The van der Waals surface area contributed by atoms with Gasteiger partial charge >= 0.3 is 0 Å². The quantitative estimate of drug-likeness (QED) is 0.358. The third-order valence-electron chi connectivity index (χ3n) is 3.93. The summed E-state index contributed by atoms with van der Waals surface area (Å²) in [6.07, 6.45) is 1.60. The number of benzene rings is 1. The number of rotatable bonds is 6. The summed E-state index contributed by atoms with van der Waals surface area (Å²) in [5, 5.41) is 9.57. The van der Waals surface area contributed by atoms with Crippen LogP contribution in [-0.4, -0.2) is 31.5 Å². The molecule has 0 radical (unpaired) electrons. The first kappa shape index (κ1) is 20.7. The lowest BCUT2D eigenvalue weighted by Crippen LogP contribution is -2.38. The zero-order valence-corrected chi connectivity index (χ0v) is 17.1. The van der Waals surface area contributed by atoms with Crippen LogP contribution in [0.3, 0.4) is 0 Å². The molecule has 1 aliphatic heterocycles. The van der Waals surface area contributed by atoms with Crippen molar-refractivity contribution in [2.24, 2.45) is 10.9 Å². The predicted octanol–water partition coefficient (Wildman–Crippen LogP) is 3.33. The molecule has 1 unspecified atom stereocenters. The summed E-state index contributed by atoms with van der Waals surface area (Å²) in [5.41, 5.74) is 2.09. The molecule has 0 fully saturated rings. The lowest BCUT2D eigenvalue weighted by molar-refractivity contribution is -0.116. The van der Waals surface area contributed by atoms with Crippen molar-refractivity contribution in [3.05, 3.63) is 29.8 Å². The van der Waals surface area contributed by atoms with E-state index in [1.165, 1.54) is 5.56 Å². The first-order valence-corrected chi connectivity index (χ1v) is 8.51. The number of aliphatic imine (C=N–C) groups is 1. The Kier molecular flexibility index (Phi) is 9.10. The molecule has 1 heterocycles. The summed E-state index contributed by atoms with van der Waals surface area (Å²) in [5.74, 6) is 1.71. The molecule has 0 saturated carbocycles. The number of nitrogens with zero attached hydrogens (tertiary/aromatic N) is 1. The summed E-state index contributed by atoms with van der Waals surface area (Å²) in [6, 6.07) is 7.99. The van der Waals surface area contributed by atoms with Gasteiger partial charge in [-0.05, 0) is 30.9 Å². The molecular formula is C18H29IN4O. The second kappa shape index (κ2) is 10.5. The van der Waals surface area contributed by atoms with Gasteiger partial charge in [0.2, 0.25) is 5.91 Å². The minimum Gasteiger partial charge on any atom is -0.357 e. The highest BCUT2D eigenvalue weighted by Gasteiger charge is 2.24. The van der Waals surface area contributed by atoms with Crippen molar-refractivity contribution in [1.29, 1.82) is 0 Å². The van der Waals surface area contributed by atoms with Crippen molar-refractivity contribution in [2.45, 2.75) is 39.5 Å². The van der Waals surface area contributed by atoms with E-state index in [2.05, 4.69) is 47.8 Å². The third kappa shape index (κ3) is 6.30. The van der Waals surface area contributed by atoms with Crippen LogP contribution in [0.4, 0.5) is 5.69 Å². The zero-order valence-electron chi connectivity index (χ0n) is 14.8. The van der Waals surface area contributed by atoms with Crippen molar-refractivity contribution in [1.82, 2.24) is 10.6 Å². The normalized spacial score (nSPS) is 16.9. The Morgan fingerprint density at radius 3 is 2.79 bits per heavy atom. The molecule has 1 amide bonds. The number of para-hydroxylation sites is 1. The Balaban J connectivity index is 0.00000288. The fraction of sp³-hybridized carbons (Fsp3) is 0.556. The van der Waals surface area contributed by atoms with Gasteiger partial charge in [-0.1, -0.05) is 32.0 Å². The third-order valence-corrected chi connectivity index (χ3v) is 3.93. The van der Waals surface area contributed by atoms with Crippen LogP contribution in [0.1, 0.15) is 45.1 Å². The lowest BCUT2D eigenvalue weighted by Gasteiger charge is -2.24. The Bertz CT molecular complexity index is 560. The smallest absolute Gasteiger partial charge is 0.225 e. The van der Waals surface area contributed by atoms with Gasteiger partial charge in [0.15, 0.2) is 5.96 Å². The molecular weight excluding hydrogens is 415 g/mol. The molecule has 1 atom stereocenters. The van der Waals surface area contributed by atoms with Gasteiger partial charge < -0.3 is 16.0 Å². The van der Waals surface area contributed by atoms with Crippen molar-refractivity contribution in [2.75, 3.05) is 25.0 Å². The lowest BCUT2D eigenvalue weighted by atomic mass is 9.91. The summed E-state index contributed by atoms with van der Waals surface area (Å²) in [7, 11) is 0. The Morgan fingerprint density at radius 2 is 2.08 bits per heavy atom. The largest absolute Gasteiger partial charge is 0.357 e. The van der Waals surface area contributed by atoms with Crippen LogP contribution in [0.15, 0.2) is 29.3 Å². The SMILES string of the molecule is CCNC(=NCC1CC(=O)Nc2ccccc21)NCCC(C)C.I. The van der Waals surface area contributed by atoms with Gasteiger partial charge in [0.1, 0.15) is 0 Å². The van der Waals surface area contributed by atoms with E-state index in [9.17, 15) is 4.79 Å². The van der Waals surface area contributed by atoms with Crippen LogP contribution in [0.25, 0.3) is 0 Å². The number of fused-ring (bicyclic) bond motifs is 1. The number of hydrogen-bond acceptors (Lipinski definition) is 2. The summed E-state index contributed by atoms with van der Waals surface area (Å²) < 4.78 is 0. The molecule has 0 saturated heterocycles. The number of guanidine groups is 1. The minimum atomic E-state index is 0. The molecule has 1 aromatic carbocycles. The molecule has 2 rings (SSSR count). The van der Waals surface area contributed by atoms with Crippen LogP contribution >= 0.6 is 24.0 Å². The molecule has 1 aliphatic rings. The van der Waals surface area contributed by atoms with E-state index in [0.717, 1.165) is 31.2 Å². The minimum absolute atomic E-state index is 0. The fourth-order valence-electron chi connectivity index (χ4n) is 2.69. The molecule has 0 aromatic heterocycles. The first-order valence-electron chi connectivity index (χ1n) is 8.51. The molecule has 0 bridgehead atoms. The van der Waals surface area contributed by atoms with Gasteiger partial charge in [-0.15, -0.1) is 24.0 Å². The van der Waals surface area contributed by atoms with Crippen LogP contribution in [0.5, 0.6) is 0 Å². The van der Waals surface area contributed by atoms with Gasteiger partial charge in [0.25, 0.3) is 0 Å². The molecule has 24 heavy (non-hydrogen) atoms. The summed E-state index contributed by atoms with van der Waals surface area (Å²) in [4.78, 5) is 16.5. The second-order valence-corrected chi connectivity index (χ2v) is 6.37. The summed E-state index contributed by atoms with van der Waals surface area (Å²) >= 11 is 0. The summed E-state index contributed by atoms with van der Waals surface area (Å²) in [6.45, 7) is 8.83. The maximum absolute atomic E-state index is 11.9. The van der Waals surface area contributed by atoms with Gasteiger partial charge in [0, 0.05) is 31.1 Å². The Labute approximate surface area is 162 Å². The zero-order chi connectivity index (χ0) is 16.7. The van der Waals surface area contributed by atoms with Crippen LogP contribution in [0.2, 0.25) is 0 Å². The van der Waals surface area contributed by atoms with E-state index in [1.807, 2.05) is 18.2 Å². The number of amides is 1. The average Bonchev–Trinajstić information content (AvgIpc) is 2.51. The molecule has 3 N–H and O–H groups in total. The van der Waals surface area contributed by atoms with E-state index in [4.69, 9.17) is 0 Å². The highest BCUT2D eigenvalue weighted by molar-refractivity contribution is 14.0. The number of carbonyl (C=O) groups excluding carboxylic acids is 1. The number of nitrogens with one attached hydrogen (secondary N) is 3. The number of halogens is 1.